The van der Waals surface area contributed by atoms with Crippen LogP contribution in [0.1, 0.15) is 27.0 Å². The van der Waals surface area contributed by atoms with Crippen molar-refractivity contribution in [2.75, 3.05) is 0 Å². The molecule has 2 aromatic carbocycles. The molecule has 25 heavy (non-hydrogen) atoms. The van der Waals surface area contributed by atoms with Crippen LogP contribution in [-0.2, 0) is 4.79 Å². The third-order valence-corrected chi connectivity index (χ3v) is 3.52. The Balaban J connectivity index is 1.80. The Bertz CT molecular complexity index is 814. The summed E-state index contributed by atoms with van der Waals surface area (Å²) in [5.41, 5.74) is 8.48. The van der Waals surface area contributed by atoms with Crippen molar-refractivity contribution in [1.82, 2.24) is 16.2 Å². The lowest BCUT2D eigenvalue weighted by atomic mass is 10.1. The van der Waals surface area contributed by atoms with Crippen molar-refractivity contribution < 1.29 is 9.59 Å². The summed E-state index contributed by atoms with van der Waals surface area (Å²) in [7, 11) is 0. The predicted molar refractivity (Wildman–Crippen MR) is 103 cm³/mol. The van der Waals surface area contributed by atoms with Gasteiger partial charge in [0, 0.05) is 11.6 Å². The zero-order valence-corrected chi connectivity index (χ0v) is 14.8. The molecule has 0 heterocycles. The maximum Gasteiger partial charge on any atom is 0.269 e. The SMILES string of the molecule is Cc1ccc(C=CC(=O)NC(=S)NNC(=O)c2cccc(C)c2)cc1. The van der Waals surface area contributed by atoms with E-state index in [-0.39, 0.29) is 16.9 Å². The first kappa shape index (κ1) is 18.4. The maximum absolute atomic E-state index is 12.0. The van der Waals surface area contributed by atoms with E-state index in [1.807, 2.05) is 44.2 Å². The fraction of sp³-hybridized carbons (Fsp3) is 0.105. The second-order valence-electron chi connectivity index (χ2n) is 5.51. The molecule has 0 aliphatic rings. The van der Waals surface area contributed by atoms with Crippen LogP contribution >= 0.6 is 12.2 Å². The van der Waals surface area contributed by atoms with Gasteiger partial charge in [0.2, 0.25) is 5.91 Å². The van der Waals surface area contributed by atoms with Gasteiger partial charge >= 0.3 is 0 Å². The molecule has 128 valence electrons. The molecular formula is C19H19N3O2S. The van der Waals surface area contributed by atoms with Gasteiger partial charge in [0.15, 0.2) is 5.11 Å². The Morgan fingerprint density at radius 2 is 1.68 bits per heavy atom. The summed E-state index contributed by atoms with van der Waals surface area (Å²) < 4.78 is 0. The fourth-order valence-electron chi connectivity index (χ4n) is 2.01. The highest BCUT2D eigenvalue weighted by Crippen LogP contribution is 2.05. The van der Waals surface area contributed by atoms with Gasteiger partial charge in [0.05, 0.1) is 0 Å². The lowest BCUT2D eigenvalue weighted by Crippen LogP contribution is -2.48. The van der Waals surface area contributed by atoms with E-state index in [9.17, 15) is 9.59 Å². The van der Waals surface area contributed by atoms with Crippen LogP contribution in [0.4, 0.5) is 0 Å². The summed E-state index contributed by atoms with van der Waals surface area (Å²) in [6.07, 6.45) is 3.06. The molecule has 0 aliphatic heterocycles. The number of hydrogen-bond acceptors (Lipinski definition) is 3. The Morgan fingerprint density at radius 1 is 0.960 bits per heavy atom. The zero-order chi connectivity index (χ0) is 18.2. The molecule has 0 fully saturated rings. The molecule has 0 atom stereocenters. The molecule has 0 unspecified atom stereocenters. The quantitative estimate of drug-likeness (QED) is 0.451. The molecule has 2 aromatic rings. The summed E-state index contributed by atoms with van der Waals surface area (Å²) in [6, 6.07) is 14.9. The van der Waals surface area contributed by atoms with Crippen molar-refractivity contribution >= 4 is 35.2 Å². The Morgan fingerprint density at radius 3 is 2.36 bits per heavy atom. The molecule has 0 saturated carbocycles. The van der Waals surface area contributed by atoms with Crippen LogP contribution < -0.4 is 16.2 Å². The number of nitrogens with one attached hydrogen (secondary N) is 3. The molecule has 0 spiro atoms. The van der Waals surface area contributed by atoms with Crippen molar-refractivity contribution in [3.63, 3.8) is 0 Å². The number of hydrazine groups is 1. The first-order chi connectivity index (χ1) is 11.9. The average Bonchev–Trinajstić information content (AvgIpc) is 2.59. The Hall–Kier alpha value is -2.99. The van der Waals surface area contributed by atoms with Gasteiger partial charge in [-0.05, 0) is 49.8 Å². The highest BCUT2D eigenvalue weighted by atomic mass is 32.1. The monoisotopic (exact) mass is 353 g/mol. The van der Waals surface area contributed by atoms with Crippen molar-refractivity contribution in [3.05, 3.63) is 76.9 Å². The van der Waals surface area contributed by atoms with E-state index in [0.717, 1.165) is 16.7 Å². The molecule has 0 aliphatic carbocycles. The lowest BCUT2D eigenvalue weighted by Gasteiger charge is -2.10. The number of thiocarbonyl (C=S) groups is 1. The van der Waals surface area contributed by atoms with Gasteiger partial charge in [-0.25, -0.2) is 0 Å². The number of carbonyl (C=O) groups is 2. The Kier molecular flexibility index (Phi) is 6.42. The van der Waals surface area contributed by atoms with Gasteiger partial charge in [-0.3, -0.25) is 25.8 Å². The number of carbonyl (C=O) groups excluding carboxylic acids is 2. The van der Waals surface area contributed by atoms with Crippen LogP contribution in [0.5, 0.6) is 0 Å². The van der Waals surface area contributed by atoms with E-state index in [1.54, 1.807) is 24.3 Å². The molecule has 0 aromatic heterocycles. The first-order valence-electron chi connectivity index (χ1n) is 7.67. The molecule has 0 saturated heterocycles. The predicted octanol–water partition coefficient (Wildman–Crippen LogP) is 2.65. The standard InChI is InChI=1S/C19H19N3O2S/c1-13-6-8-15(9-7-13)10-11-17(23)20-19(25)22-21-18(24)16-5-3-4-14(2)12-16/h3-12H,1-2H3,(H,21,24)(H2,20,22,23,25). The van der Waals surface area contributed by atoms with Crippen LogP contribution in [-0.4, -0.2) is 16.9 Å². The largest absolute Gasteiger partial charge is 0.298 e. The second-order valence-corrected chi connectivity index (χ2v) is 5.92. The van der Waals surface area contributed by atoms with Crippen molar-refractivity contribution in [2.45, 2.75) is 13.8 Å². The third-order valence-electron chi connectivity index (χ3n) is 3.31. The number of amides is 2. The molecule has 3 N–H and O–H groups in total. The van der Waals surface area contributed by atoms with Crippen LogP contribution in [0.25, 0.3) is 6.08 Å². The molecular weight excluding hydrogens is 334 g/mol. The van der Waals surface area contributed by atoms with Gasteiger partial charge in [0.1, 0.15) is 0 Å². The van der Waals surface area contributed by atoms with Crippen molar-refractivity contribution in [1.29, 1.82) is 0 Å². The summed E-state index contributed by atoms with van der Waals surface area (Å²) >= 11 is 4.98. The van der Waals surface area contributed by atoms with Crippen LogP contribution in [0, 0.1) is 13.8 Å². The van der Waals surface area contributed by atoms with Gasteiger partial charge in [0.25, 0.3) is 5.91 Å². The smallest absolute Gasteiger partial charge is 0.269 e. The summed E-state index contributed by atoms with van der Waals surface area (Å²) in [4.78, 5) is 23.8. The molecule has 6 heteroatoms. The van der Waals surface area contributed by atoms with Gasteiger partial charge < -0.3 is 0 Å². The fourth-order valence-corrected chi connectivity index (χ4v) is 2.16. The van der Waals surface area contributed by atoms with Crippen molar-refractivity contribution in [3.8, 4) is 0 Å². The average molecular weight is 353 g/mol. The minimum atomic E-state index is -0.386. The van der Waals surface area contributed by atoms with E-state index in [0.29, 0.717) is 5.56 Å². The third kappa shape index (κ3) is 6.19. The Labute approximate surface area is 152 Å². The number of aryl methyl sites for hydroxylation is 2. The van der Waals surface area contributed by atoms with E-state index < -0.39 is 0 Å². The molecule has 2 rings (SSSR count). The lowest BCUT2D eigenvalue weighted by molar-refractivity contribution is -0.115. The van der Waals surface area contributed by atoms with Gasteiger partial charge in [-0.1, -0.05) is 47.5 Å². The second kappa shape index (κ2) is 8.75. The van der Waals surface area contributed by atoms with Gasteiger partial charge in [-0.15, -0.1) is 0 Å². The van der Waals surface area contributed by atoms with Crippen LogP contribution in [0.3, 0.4) is 0 Å². The summed E-state index contributed by atoms with van der Waals surface area (Å²) in [5.74, 6) is -0.724. The number of benzene rings is 2. The van der Waals surface area contributed by atoms with Gasteiger partial charge in [-0.2, -0.15) is 0 Å². The summed E-state index contributed by atoms with van der Waals surface area (Å²) in [5, 5.41) is 2.47. The van der Waals surface area contributed by atoms with Crippen LogP contribution in [0.2, 0.25) is 0 Å². The van der Waals surface area contributed by atoms with E-state index in [1.165, 1.54) is 6.08 Å². The highest BCUT2D eigenvalue weighted by molar-refractivity contribution is 7.80. The molecule has 0 bridgehead atoms. The zero-order valence-electron chi connectivity index (χ0n) is 14.0. The highest BCUT2D eigenvalue weighted by Gasteiger charge is 2.06. The first-order valence-corrected chi connectivity index (χ1v) is 8.07. The minimum Gasteiger partial charge on any atom is -0.298 e. The number of rotatable bonds is 3. The van der Waals surface area contributed by atoms with Crippen LogP contribution in [0.15, 0.2) is 54.6 Å². The summed E-state index contributed by atoms with van der Waals surface area (Å²) in [6.45, 7) is 3.89. The minimum absolute atomic E-state index is 0.0135. The molecule has 0 radical (unpaired) electrons. The normalized spacial score (nSPS) is 10.3. The van der Waals surface area contributed by atoms with E-state index >= 15 is 0 Å². The van der Waals surface area contributed by atoms with Crippen molar-refractivity contribution in [2.24, 2.45) is 0 Å². The number of hydrogen-bond donors (Lipinski definition) is 3. The maximum atomic E-state index is 12.0. The van der Waals surface area contributed by atoms with E-state index in [2.05, 4.69) is 16.2 Å². The molecule has 2 amide bonds. The topological polar surface area (TPSA) is 70.2 Å². The van der Waals surface area contributed by atoms with E-state index in [4.69, 9.17) is 12.2 Å². The molecule has 5 nitrogen and oxygen atoms in total.